The van der Waals surface area contributed by atoms with Crippen LogP contribution in [0.1, 0.15) is 13.8 Å². The Kier molecular flexibility index (Phi) is 7.45. The van der Waals surface area contributed by atoms with E-state index in [1.54, 1.807) is 6.20 Å². The van der Waals surface area contributed by atoms with Gasteiger partial charge in [-0.25, -0.2) is 12.2 Å². The van der Waals surface area contributed by atoms with E-state index in [1.165, 1.54) is 10.8 Å². The largest absolute Gasteiger partial charge is 0.260 e. The molecule has 0 unspecified atom stereocenters. The Morgan fingerprint density at radius 2 is 1.96 bits per heavy atom. The Balaban J connectivity index is 0.000000176. The molecule has 2 nitrogen and oxygen atoms in total. The molecule has 0 aliphatic heterocycles. The minimum Gasteiger partial charge on any atom is -0.260 e. The van der Waals surface area contributed by atoms with E-state index in [1.807, 2.05) is 29.1 Å². The molecule has 0 bridgehead atoms. The van der Waals surface area contributed by atoms with Crippen LogP contribution in [0.25, 0.3) is 16.5 Å². The average Bonchev–Trinajstić information content (AvgIpc) is 3.27. The Hall–Kier alpha value is -1.19. The van der Waals surface area contributed by atoms with E-state index >= 15 is 0 Å². The number of hydrogen-bond acceptors (Lipinski definition) is 1. The summed E-state index contributed by atoms with van der Waals surface area (Å²) in [6.07, 6.45) is 13.0. The van der Waals surface area contributed by atoms with E-state index < -0.39 is 17.0 Å². The number of halogens is 2. The van der Waals surface area contributed by atoms with Gasteiger partial charge < -0.3 is 0 Å². The predicted molar refractivity (Wildman–Crippen MR) is 99.1 cm³/mol. The summed E-state index contributed by atoms with van der Waals surface area (Å²) in [4.78, 5) is 0. The van der Waals surface area contributed by atoms with Crippen molar-refractivity contribution in [1.29, 1.82) is 0 Å². The fraction of sp³-hybridized carbons (Fsp3) is 0.158. The topological polar surface area (TPSA) is 17.8 Å². The first-order valence-corrected chi connectivity index (χ1v) is 11.8. The van der Waals surface area contributed by atoms with Gasteiger partial charge in [0, 0.05) is 12.4 Å². The quantitative estimate of drug-likeness (QED) is 0.363. The minimum atomic E-state index is -0.556. The molecule has 1 heterocycles. The molecule has 1 aliphatic carbocycles. The van der Waals surface area contributed by atoms with Crippen LogP contribution in [0.15, 0.2) is 73.1 Å². The van der Waals surface area contributed by atoms with Gasteiger partial charge >= 0.3 is 35.6 Å². The normalized spacial score (nSPS) is 13.8. The molecule has 124 valence electrons. The van der Waals surface area contributed by atoms with Crippen molar-refractivity contribution in [1.82, 2.24) is 9.78 Å². The molecule has 0 spiro atoms. The maximum absolute atomic E-state index is 4.89. The van der Waals surface area contributed by atoms with Gasteiger partial charge in [0.1, 0.15) is 0 Å². The molecule has 1 aliphatic rings. The Morgan fingerprint density at radius 3 is 2.46 bits per heavy atom. The number of benzene rings is 1. The van der Waals surface area contributed by atoms with E-state index in [0.717, 1.165) is 5.69 Å². The molecule has 0 fully saturated rings. The monoisotopic (exact) mass is 392 g/mol. The molecule has 0 amide bonds. The van der Waals surface area contributed by atoms with Crippen molar-refractivity contribution in [3.8, 4) is 5.69 Å². The van der Waals surface area contributed by atoms with Crippen molar-refractivity contribution in [3.05, 3.63) is 79.2 Å². The zero-order valence-corrected chi connectivity index (χ0v) is 16.7. The van der Waals surface area contributed by atoms with Gasteiger partial charge in [0.05, 0.1) is 0 Å². The third-order valence-corrected chi connectivity index (χ3v) is 3.44. The third kappa shape index (κ3) is 5.71. The van der Waals surface area contributed by atoms with Crippen LogP contribution >= 0.6 is 18.6 Å². The second-order valence-corrected chi connectivity index (χ2v) is 8.34. The Morgan fingerprint density at radius 1 is 1.21 bits per heavy atom. The first-order valence-electron chi connectivity index (χ1n) is 7.46. The SMILES string of the molecule is CC1(C)[C-]=CC=C1.[Cl][Ti][Cl].c1ccc2[cH-]c(-n3cccn3)cc2c1. The summed E-state index contributed by atoms with van der Waals surface area (Å²) in [7, 11) is 9.78. The van der Waals surface area contributed by atoms with E-state index in [-0.39, 0.29) is 5.41 Å². The van der Waals surface area contributed by atoms with Gasteiger partial charge in [0.2, 0.25) is 0 Å². The fourth-order valence-corrected chi connectivity index (χ4v) is 2.29. The summed E-state index contributed by atoms with van der Waals surface area (Å²) in [5.74, 6) is 0. The second-order valence-electron chi connectivity index (χ2n) is 5.76. The number of fused-ring (bicyclic) bond motifs is 1. The molecule has 0 atom stereocenters. The van der Waals surface area contributed by atoms with Gasteiger partial charge in [-0.15, -0.1) is 41.1 Å². The van der Waals surface area contributed by atoms with Crippen molar-refractivity contribution in [2.24, 2.45) is 5.41 Å². The van der Waals surface area contributed by atoms with Gasteiger partial charge in [0.15, 0.2) is 0 Å². The Bertz CT molecular complexity index is 755. The standard InChI is InChI=1S/C12H9N2.C7H9.2ClH.Ti/c1-2-5-11-9-12(8-10(11)4-1)14-7-3-6-13-14;1-7(2)5-3-4-6-7;;;/h1-9H;3-5H,1-2H3;2*1H;/q2*-1;;;+2/p-2. The summed E-state index contributed by atoms with van der Waals surface area (Å²) in [6, 6.07) is 14.5. The van der Waals surface area contributed by atoms with Crippen LogP contribution in [0.5, 0.6) is 0 Å². The van der Waals surface area contributed by atoms with Crippen LogP contribution in [0, 0.1) is 11.5 Å². The second kappa shape index (κ2) is 9.34. The summed E-state index contributed by atoms with van der Waals surface area (Å²) in [6.45, 7) is 4.26. The Labute approximate surface area is 159 Å². The molecule has 4 rings (SSSR count). The van der Waals surface area contributed by atoms with E-state index in [0.29, 0.717) is 0 Å². The van der Waals surface area contributed by atoms with Crippen molar-refractivity contribution in [2.45, 2.75) is 13.8 Å². The van der Waals surface area contributed by atoms with Gasteiger partial charge in [-0.05, 0) is 11.8 Å². The third-order valence-electron chi connectivity index (χ3n) is 3.44. The number of hydrogen-bond donors (Lipinski definition) is 0. The fourth-order valence-electron chi connectivity index (χ4n) is 2.29. The maximum atomic E-state index is 4.89. The maximum Gasteiger partial charge on any atom is 0.0493 e. The first-order chi connectivity index (χ1) is 11.6. The summed E-state index contributed by atoms with van der Waals surface area (Å²) in [5.41, 5.74) is 1.33. The van der Waals surface area contributed by atoms with Crippen LogP contribution in [-0.2, 0) is 17.0 Å². The summed E-state index contributed by atoms with van der Waals surface area (Å²) >= 11 is -0.556. The number of aromatic nitrogens is 2. The molecule has 5 heteroatoms. The minimum absolute atomic E-state index is 0.208. The molecule has 24 heavy (non-hydrogen) atoms. The molecule has 0 saturated carbocycles. The van der Waals surface area contributed by atoms with E-state index in [4.69, 9.17) is 18.6 Å². The molecular weight excluding hydrogens is 375 g/mol. The van der Waals surface area contributed by atoms with E-state index in [2.05, 4.69) is 67.5 Å². The van der Waals surface area contributed by atoms with Crippen LogP contribution in [0.3, 0.4) is 0 Å². The number of rotatable bonds is 1. The zero-order chi connectivity index (χ0) is 17.4. The predicted octanol–water partition coefficient (Wildman–Crippen LogP) is 6.06. The smallest absolute Gasteiger partial charge is 0.0493 e. The average molecular weight is 393 g/mol. The van der Waals surface area contributed by atoms with Crippen molar-refractivity contribution >= 4 is 29.4 Å². The molecule has 2 aromatic carbocycles. The number of allylic oxidation sites excluding steroid dienone is 4. The molecular formula is C19H18Cl2N2Ti-2. The number of nitrogens with zero attached hydrogens (tertiary/aromatic N) is 2. The van der Waals surface area contributed by atoms with Crippen molar-refractivity contribution in [2.75, 3.05) is 0 Å². The molecule has 0 saturated heterocycles. The van der Waals surface area contributed by atoms with Gasteiger partial charge in [-0.3, -0.25) is 10.8 Å². The van der Waals surface area contributed by atoms with Crippen LogP contribution in [-0.4, -0.2) is 9.78 Å². The molecule has 1 aromatic heterocycles. The molecule has 3 aromatic rings. The summed E-state index contributed by atoms with van der Waals surface area (Å²) < 4.78 is 1.88. The van der Waals surface area contributed by atoms with Crippen molar-refractivity contribution < 1.29 is 17.0 Å². The summed E-state index contributed by atoms with van der Waals surface area (Å²) in [5, 5.41) is 6.72. The molecule has 0 N–H and O–H groups in total. The van der Waals surface area contributed by atoms with Gasteiger partial charge in [0.25, 0.3) is 0 Å². The van der Waals surface area contributed by atoms with Crippen molar-refractivity contribution in [3.63, 3.8) is 0 Å². The van der Waals surface area contributed by atoms with Gasteiger partial charge in [-0.2, -0.15) is 11.2 Å². The first kappa shape index (κ1) is 19.1. The molecule has 0 radical (unpaired) electrons. The van der Waals surface area contributed by atoms with E-state index in [9.17, 15) is 0 Å². The van der Waals surface area contributed by atoms with Crippen LogP contribution in [0.2, 0.25) is 0 Å². The van der Waals surface area contributed by atoms with Gasteiger partial charge in [-0.1, -0.05) is 25.3 Å². The van der Waals surface area contributed by atoms with Crippen LogP contribution < -0.4 is 0 Å². The zero-order valence-electron chi connectivity index (χ0n) is 13.6. The van der Waals surface area contributed by atoms with Crippen LogP contribution in [0.4, 0.5) is 0 Å².